The van der Waals surface area contributed by atoms with Gasteiger partial charge < -0.3 is 5.11 Å². The van der Waals surface area contributed by atoms with Gasteiger partial charge in [0, 0.05) is 0 Å². The Labute approximate surface area is 76.5 Å². The highest BCUT2D eigenvalue weighted by molar-refractivity contribution is 4.72. The summed E-state index contributed by atoms with van der Waals surface area (Å²) in [5, 5.41) is 9.46. The average Bonchev–Trinajstić information content (AvgIpc) is 1.96. The zero-order valence-electron chi connectivity index (χ0n) is 8.59. The maximum Gasteiger partial charge on any atom is 0.0542 e. The van der Waals surface area contributed by atoms with Crippen LogP contribution in [0.2, 0.25) is 0 Å². The Kier molecular flexibility index (Phi) is 6.09. The van der Waals surface area contributed by atoms with Gasteiger partial charge in [-0.15, -0.1) is 6.58 Å². The normalized spacial score (nSPS) is 16.1. The second-order valence-corrected chi connectivity index (χ2v) is 3.87. The highest BCUT2D eigenvalue weighted by atomic mass is 16.3. The Morgan fingerprint density at radius 3 is 2.25 bits per heavy atom. The second kappa shape index (κ2) is 6.24. The fraction of sp³-hybridized carbons (Fsp3) is 0.818. The van der Waals surface area contributed by atoms with Gasteiger partial charge in [-0.25, -0.2) is 0 Å². The molecule has 1 N–H and O–H groups in total. The van der Waals surface area contributed by atoms with Crippen LogP contribution >= 0.6 is 0 Å². The van der Waals surface area contributed by atoms with Crippen molar-refractivity contribution in [2.24, 2.45) is 11.8 Å². The molecule has 0 aromatic heterocycles. The molecule has 2 unspecified atom stereocenters. The Morgan fingerprint density at radius 1 is 1.33 bits per heavy atom. The van der Waals surface area contributed by atoms with Gasteiger partial charge in [0.25, 0.3) is 0 Å². The van der Waals surface area contributed by atoms with Crippen LogP contribution in [0, 0.1) is 11.8 Å². The third-order valence-electron chi connectivity index (χ3n) is 2.42. The van der Waals surface area contributed by atoms with Gasteiger partial charge in [-0.2, -0.15) is 0 Å². The first-order chi connectivity index (χ1) is 5.59. The number of aliphatic hydroxyl groups excluding tert-OH is 1. The molecule has 0 saturated heterocycles. The van der Waals surface area contributed by atoms with Crippen LogP contribution in [0.25, 0.3) is 0 Å². The summed E-state index contributed by atoms with van der Waals surface area (Å²) < 4.78 is 0. The van der Waals surface area contributed by atoms with Crippen LogP contribution in [0.3, 0.4) is 0 Å². The van der Waals surface area contributed by atoms with Crippen molar-refractivity contribution in [3.63, 3.8) is 0 Å². The van der Waals surface area contributed by atoms with Gasteiger partial charge in [-0.1, -0.05) is 19.9 Å². The lowest BCUT2D eigenvalue weighted by atomic mass is 9.86. The molecule has 0 aliphatic rings. The molecule has 0 aliphatic carbocycles. The molecule has 1 heteroatoms. The summed E-state index contributed by atoms with van der Waals surface area (Å²) in [6, 6.07) is 0. The second-order valence-electron chi connectivity index (χ2n) is 3.87. The van der Waals surface area contributed by atoms with E-state index in [2.05, 4.69) is 20.4 Å². The average molecular weight is 170 g/mol. The van der Waals surface area contributed by atoms with Crippen LogP contribution in [0.5, 0.6) is 0 Å². The van der Waals surface area contributed by atoms with Crippen molar-refractivity contribution in [2.75, 3.05) is 0 Å². The number of rotatable bonds is 6. The minimum Gasteiger partial charge on any atom is -0.393 e. The van der Waals surface area contributed by atoms with E-state index >= 15 is 0 Å². The molecule has 0 aromatic carbocycles. The molecule has 72 valence electrons. The Hall–Kier alpha value is -0.300. The summed E-state index contributed by atoms with van der Waals surface area (Å²) in [4.78, 5) is 0. The first-order valence-electron chi connectivity index (χ1n) is 4.88. The Bertz CT molecular complexity index is 108. The predicted octanol–water partition coefficient (Wildman–Crippen LogP) is 3.00. The zero-order valence-corrected chi connectivity index (χ0v) is 8.59. The maximum absolute atomic E-state index is 9.46. The van der Waals surface area contributed by atoms with Crippen molar-refractivity contribution >= 4 is 0 Å². The highest BCUT2D eigenvalue weighted by Gasteiger charge is 2.17. The Balaban J connectivity index is 3.71. The van der Waals surface area contributed by atoms with E-state index in [1.54, 1.807) is 0 Å². The fourth-order valence-corrected chi connectivity index (χ4v) is 1.63. The van der Waals surface area contributed by atoms with Gasteiger partial charge in [0.1, 0.15) is 0 Å². The molecule has 0 aromatic rings. The van der Waals surface area contributed by atoms with Gasteiger partial charge in [-0.3, -0.25) is 0 Å². The molecule has 1 nitrogen and oxygen atoms in total. The minimum absolute atomic E-state index is 0.171. The summed E-state index contributed by atoms with van der Waals surface area (Å²) in [6.07, 6.45) is 5.10. The lowest BCUT2D eigenvalue weighted by Crippen LogP contribution is -2.22. The van der Waals surface area contributed by atoms with E-state index in [1.165, 1.54) is 0 Å². The van der Waals surface area contributed by atoms with E-state index in [0.717, 1.165) is 19.3 Å². The van der Waals surface area contributed by atoms with Crippen molar-refractivity contribution < 1.29 is 5.11 Å². The summed E-state index contributed by atoms with van der Waals surface area (Å²) >= 11 is 0. The third kappa shape index (κ3) is 4.55. The van der Waals surface area contributed by atoms with Crippen LogP contribution in [0.15, 0.2) is 12.7 Å². The standard InChI is InChI=1S/C11H22O/c1-5-6-7-8-11(9(2)3)10(4)12/h5,9-12H,1,6-8H2,2-4H3. The van der Waals surface area contributed by atoms with Gasteiger partial charge >= 0.3 is 0 Å². The lowest BCUT2D eigenvalue weighted by Gasteiger charge is -2.23. The highest BCUT2D eigenvalue weighted by Crippen LogP contribution is 2.21. The van der Waals surface area contributed by atoms with Crippen molar-refractivity contribution in [2.45, 2.75) is 46.1 Å². The summed E-state index contributed by atoms with van der Waals surface area (Å²) in [5.41, 5.74) is 0. The first-order valence-corrected chi connectivity index (χ1v) is 4.88. The largest absolute Gasteiger partial charge is 0.393 e. The number of unbranched alkanes of at least 4 members (excludes halogenated alkanes) is 1. The van der Waals surface area contributed by atoms with Gasteiger partial charge in [0.2, 0.25) is 0 Å². The summed E-state index contributed by atoms with van der Waals surface area (Å²) in [7, 11) is 0. The molecule has 0 fully saturated rings. The molecule has 0 heterocycles. The topological polar surface area (TPSA) is 20.2 Å². The number of hydrogen-bond acceptors (Lipinski definition) is 1. The van der Waals surface area contributed by atoms with Crippen LogP contribution in [-0.2, 0) is 0 Å². The lowest BCUT2D eigenvalue weighted by molar-refractivity contribution is 0.0907. The first kappa shape index (κ1) is 11.7. The number of aliphatic hydroxyl groups is 1. The predicted molar refractivity (Wildman–Crippen MR) is 54.1 cm³/mol. The molecule has 0 radical (unpaired) electrons. The SMILES string of the molecule is C=CCCCC(C(C)C)C(C)O. The van der Waals surface area contributed by atoms with Crippen molar-refractivity contribution in [3.05, 3.63) is 12.7 Å². The molecule has 0 spiro atoms. The van der Waals surface area contributed by atoms with Crippen molar-refractivity contribution in [1.29, 1.82) is 0 Å². The fourth-order valence-electron chi connectivity index (χ4n) is 1.63. The number of allylic oxidation sites excluding steroid dienone is 1. The van der Waals surface area contributed by atoms with Gasteiger partial charge in [-0.05, 0) is 38.0 Å². The van der Waals surface area contributed by atoms with Crippen LogP contribution in [-0.4, -0.2) is 11.2 Å². The Morgan fingerprint density at radius 2 is 1.92 bits per heavy atom. The van der Waals surface area contributed by atoms with Crippen molar-refractivity contribution in [3.8, 4) is 0 Å². The molecule has 0 amide bonds. The maximum atomic E-state index is 9.46. The summed E-state index contributed by atoms with van der Waals surface area (Å²) in [5.74, 6) is 1.03. The monoisotopic (exact) mass is 170 g/mol. The smallest absolute Gasteiger partial charge is 0.0542 e. The zero-order chi connectivity index (χ0) is 9.56. The molecule has 0 aliphatic heterocycles. The molecular weight excluding hydrogens is 148 g/mol. The van der Waals surface area contributed by atoms with E-state index in [1.807, 2.05) is 13.0 Å². The quantitative estimate of drug-likeness (QED) is 0.480. The van der Waals surface area contributed by atoms with E-state index in [9.17, 15) is 5.11 Å². The summed E-state index contributed by atoms with van der Waals surface area (Å²) in [6.45, 7) is 9.92. The molecule has 2 atom stereocenters. The number of hydrogen-bond donors (Lipinski definition) is 1. The van der Waals surface area contributed by atoms with E-state index < -0.39 is 0 Å². The molecular formula is C11H22O. The molecule has 12 heavy (non-hydrogen) atoms. The molecule has 0 bridgehead atoms. The third-order valence-corrected chi connectivity index (χ3v) is 2.42. The van der Waals surface area contributed by atoms with Gasteiger partial charge in [0.05, 0.1) is 6.10 Å². The molecule has 0 rings (SSSR count). The van der Waals surface area contributed by atoms with Gasteiger partial charge in [0.15, 0.2) is 0 Å². The minimum atomic E-state index is -0.171. The van der Waals surface area contributed by atoms with Crippen molar-refractivity contribution in [1.82, 2.24) is 0 Å². The van der Waals surface area contributed by atoms with Crippen LogP contribution in [0.4, 0.5) is 0 Å². The van der Waals surface area contributed by atoms with E-state index in [0.29, 0.717) is 11.8 Å². The van der Waals surface area contributed by atoms with Crippen LogP contribution < -0.4 is 0 Å². The van der Waals surface area contributed by atoms with Crippen LogP contribution in [0.1, 0.15) is 40.0 Å². The van der Waals surface area contributed by atoms with E-state index in [4.69, 9.17) is 0 Å². The molecule has 0 saturated carbocycles. The van der Waals surface area contributed by atoms with E-state index in [-0.39, 0.29) is 6.10 Å².